The van der Waals surface area contributed by atoms with Crippen molar-refractivity contribution in [3.8, 4) is 6.07 Å². The molecule has 1 amide bonds. The summed E-state index contributed by atoms with van der Waals surface area (Å²) in [5, 5.41) is 29.6. The fraction of sp³-hybridized carbons (Fsp3) is 0.375. The number of carbonyl (C=O) groups is 1. The average Bonchev–Trinajstić information content (AvgIpc) is 2.53. The largest absolute Gasteiger partial charge is 0.394 e. The predicted molar refractivity (Wildman–Crippen MR) is 85.1 cm³/mol. The lowest BCUT2D eigenvalue weighted by Gasteiger charge is -2.13. The van der Waals surface area contributed by atoms with E-state index in [-0.39, 0.29) is 12.1 Å². The minimum absolute atomic E-state index is 0.0113. The van der Waals surface area contributed by atoms with E-state index in [0.29, 0.717) is 5.57 Å². The highest BCUT2D eigenvalue weighted by atomic mass is 16.3. The van der Waals surface area contributed by atoms with E-state index in [2.05, 4.69) is 5.32 Å². The van der Waals surface area contributed by atoms with E-state index in [1.54, 1.807) is 6.92 Å². The SMILES string of the molecule is CC(=C(C#N)C(=O)NCC(O)CO)c1ccc(N(C)C)cc1. The topological polar surface area (TPSA) is 96.6 Å². The summed E-state index contributed by atoms with van der Waals surface area (Å²) in [4.78, 5) is 13.9. The second kappa shape index (κ2) is 8.17. The molecule has 1 rings (SSSR count). The number of rotatable bonds is 6. The van der Waals surface area contributed by atoms with Crippen LogP contribution in [0.1, 0.15) is 12.5 Å². The fourth-order valence-electron chi connectivity index (χ4n) is 1.82. The van der Waals surface area contributed by atoms with Crippen molar-refractivity contribution in [1.82, 2.24) is 5.32 Å². The summed E-state index contributed by atoms with van der Waals surface area (Å²) in [5.74, 6) is -0.566. The molecule has 0 saturated carbocycles. The third kappa shape index (κ3) is 4.58. The van der Waals surface area contributed by atoms with Crippen LogP contribution in [0.15, 0.2) is 29.8 Å². The molecule has 1 atom stereocenters. The van der Waals surface area contributed by atoms with Crippen LogP contribution in [-0.2, 0) is 4.79 Å². The maximum atomic E-state index is 12.0. The fourth-order valence-corrected chi connectivity index (χ4v) is 1.82. The second-order valence-corrected chi connectivity index (χ2v) is 5.10. The van der Waals surface area contributed by atoms with Gasteiger partial charge in [-0.2, -0.15) is 5.26 Å². The number of nitrogens with one attached hydrogen (secondary N) is 1. The summed E-state index contributed by atoms with van der Waals surface area (Å²) < 4.78 is 0. The Labute approximate surface area is 130 Å². The Morgan fingerprint density at radius 1 is 1.36 bits per heavy atom. The van der Waals surface area contributed by atoms with Crippen molar-refractivity contribution in [2.24, 2.45) is 0 Å². The first-order valence-corrected chi connectivity index (χ1v) is 6.86. The van der Waals surface area contributed by atoms with Crippen LogP contribution in [0.4, 0.5) is 5.69 Å². The van der Waals surface area contributed by atoms with Crippen molar-refractivity contribution < 1.29 is 15.0 Å². The molecule has 0 aliphatic heterocycles. The Hall–Kier alpha value is -2.36. The highest BCUT2D eigenvalue weighted by Crippen LogP contribution is 2.21. The standard InChI is InChI=1S/C16H21N3O3/c1-11(12-4-6-13(7-5-12)19(2)3)15(8-17)16(22)18-9-14(21)10-20/h4-7,14,20-21H,9-10H2,1-3H3,(H,18,22). The van der Waals surface area contributed by atoms with E-state index in [4.69, 9.17) is 5.11 Å². The zero-order valence-electron chi connectivity index (χ0n) is 13.0. The molecule has 0 bridgehead atoms. The first-order valence-electron chi connectivity index (χ1n) is 6.86. The van der Waals surface area contributed by atoms with Crippen molar-refractivity contribution in [2.45, 2.75) is 13.0 Å². The van der Waals surface area contributed by atoms with Crippen LogP contribution < -0.4 is 10.2 Å². The third-order valence-electron chi connectivity index (χ3n) is 3.24. The van der Waals surface area contributed by atoms with Crippen molar-refractivity contribution in [1.29, 1.82) is 5.26 Å². The predicted octanol–water partition coefficient (Wildman–Crippen LogP) is 0.519. The molecule has 6 heteroatoms. The van der Waals surface area contributed by atoms with Gasteiger partial charge in [0.25, 0.3) is 5.91 Å². The normalized spacial score (nSPS) is 12.9. The van der Waals surface area contributed by atoms with Gasteiger partial charge >= 0.3 is 0 Å². The monoisotopic (exact) mass is 303 g/mol. The van der Waals surface area contributed by atoms with Crippen LogP contribution >= 0.6 is 0 Å². The molecule has 0 aromatic heterocycles. The number of carbonyl (C=O) groups excluding carboxylic acids is 1. The molecule has 3 N–H and O–H groups in total. The first-order chi connectivity index (χ1) is 10.4. The molecule has 0 aliphatic rings. The molecule has 1 aromatic carbocycles. The van der Waals surface area contributed by atoms with E-state index < -0.39 is 18.6 Å². The molecule has 22 heavy (non-hydrogen) atoms. The summed E-state index contributed by atoms with van der Waals surface area (Å²) in [7, 11) is 3.86. The minimum atomic E-state index is -1.04. The Bertz CT molecular complexity index is 586. The quantitative estimate of drug-likeness (QED) is 0.526. The summed E-state index contributed by atoms with van der Waals surface area (Å²) >= 11 is 0. The lowest BCUT2D eigenvalue weighted by molar-refractivity contribution is -0.117. The van der Waals surface area contributed by atoms with Crippen molar-refractivity contribution in [3.63, 3.8) is 0 Å². The molecule has 0 saturated heterocycles. The van der Waals surface area contributed by atoms with Crippen LogP contribution in [0.5, 0.6) is 0 Å². The van der Waals surface area contributed by atoms with E-state index >= 15 is 0 Å². The highest BCUT2D eigenvalue weighted by Gasteiger charge is 2.15. The van der Waals surface area contributed by atoms with Crippen molar-refractivity contribution >= 4 is 17.2 Å². The Morgan fingerprint density at radius 2 is 1.95 bits per heavy atom. The van der Waals surface area contributed by atoms with Gasteiger partial charge in [0.1, 0.15) is 11.6 Å². The highest BCUT2D eigenvalue weighted by molar-refractivity contribution is 6.04. The molecule has 0 spiro atoms. The molecule has 1 aromatic rings. The van der Waals surface area contributed by atoms with Gasteiger partial charge in [-0.05, 0) is 30.2 Å². The number of nitrogens with zero attached hydrogens (tertiary/aromatic N) is 2. The second-order valence-electron chi connectivity index (χ2n) is 5.10. The van der Waals surface area contributed by atoms with Gasteiger partial charge in [0, 0.05) is 26.3 Å². The molecule has 1 unspecified atom stereocenters. The van der Waals surface area contributed by atoms with Crippen LogP contribution in [0.2, 0.25) is 0 Å². The third-order valence-corrected chi connectivity index (χ3v) is 3.24. The Morgan fingerprint density at radius 3 is 2.41 bits per heavy atom. The molecule has 0 heterocycles. The number of amides is 1. The van der Waals surface area contributed by atoms with E-state index in [1.807, 2.05) is 49.3 Å². The van der Waals surface area contributed by atoms with Gasteiger partial charge in [0.05, 0.1) is 12.7 Å². The molecule has 0 aliphatic carbocycles. The van der Waals surface area contributed by atoms with Crippen LogP contribution in [0.25, 0.3) is 5.57 Å². The zero-order valence-corrected chi connectivity index (χ0v) is 13.0. The number of aliphatic hydroxyl groups excluding tert-OH is 2. The van der Waals surface area contributed by atoms with Gasteiger partial charge in [-0.3, -0.25) is 4.79 Å². The lowest BCUT2D eigenvalue weighted by Crippen LogP contribution is -2.34. The maximum Gasteiger partial charge on any atom is 0.262 e. The molecule has 0 fully saturated rings. The number of benzene rings is 1. The van der Waals surface area contributed by atoms with Crippen molar-refractivity contribution in [3.05, 3.63) is 35.4 Å². The maximum absolute atomic E-state index is 12.0. The van der Waals surface area contributed by atoms with Crippen LogP contribution in [-0.4, -0.2) is 49.5 Å². The minimum Gasteiger partial charge on any atom is -0.394 e. The Balaban J connectivity index is 2.96. The number of anilines is 1. The van der Waals surface area contributed by atoms with Gasteiger partial charge in [0.2, 0.25) is 0 Å². The number of allylic oxidation sites excluding steroid dienone is 1. The zero-order chi connectivity index (χ0) is 16.7. The molecule has 6 nitrogen and oxygen atoms in total. The number of nitriles is 1. The van der Waals surface area contributed by atoms with Crippen molar-refractivity contribution in [2.75, 3.05) is 32.1 Å². The number of hydrogen-bond acceptors (Lipinski definition) is 5. The molecule has 118 valence electrons. The summed E-state index contributed by atoms with van der Waals surface area (Å²) in [5.41, 5.74) is 2.34. The first kappa shape index (κ1) is 17.7. The molecular weight excluding hydrogens is 282 g/mol. The Kier molecular flexibility index (Phi) is 6.57. The van der Waals surface area contributed by atoms with Crippen LogP contribution in [0, 0.1) is 11.3 Å². The van der Waals surface area contributed by atoms with Gasteiger partial charge < -0.3 is 20.4 Å². The summed E-state index contributed by atoms with van der Waals surface area (Å²) in [6.45, 7) is 1.15. The average molecular weight is 303 g/mol. The summed E-state index contributed by atoms with van der Waals surface area (Å²) in [6, 6.07) is 9.39. The van der Waals surface area contributed by atoms with E-state index in [1.165, 1.54) is 0 Å². The van der Waals surface area contributed by atoms with Gasteiger partial charge in [-0.25, -0.2) is 0 Å². The lowest BCUT2D eigenvalue weighted by atomic mass is 10.0. The van der Waals surface area contributed by atoms with Gasteiger partial charge in [-0.15, -0.1) is 0 Å². The molecule has 0 radical (unpaired) electrons. The van der Waals surface area contributed by atoms with Gasteiger partial charge in [-0.1, -0.05) is 12.1 Å². The molecular formula is C16H21N3O3. The van der Waals surface area contributed by atoms with E-state index in [0.717, 1.165) is 11.3 Å². The number of hydrogen-bond donors (Lipinski definition) is 3. The van der Waals surface area contributed by atoms with E-state index in [9.17, 15) is 15.2 Å². The smallest absolute Gasteiger partial charge is 0.262 e. The number of aliphatic hydroxyl groups is 2. The van der Waals surface area contributed by atoms with Gasteiger partial charge in [0.15, 0.2) is 0 Å². The summed E-state index contributed by atoms with van der Waals surface area (Å²) in [6.07, 6.45) is -1.04. The van der Waals surface area contributed by atoms with Crippen LogP contribution in [0.3, 0.4) is 0 Å².